The van der Waals surface area contributed by atoms with E-state index in [1.54, 1.807) is 0 Å². The van der Waals surface area contributed by atoms with Crippen LogP contribution < -0.4 is 0 Å². The molecule has 100 valence electrons. The van der Waals surface area contributed by atoms with Crippen LogP contribution in [0.15, 0.2) is 18.2 Å². The van der Waals surface area contributed by atoms with Gasteiger partial charge in [0.25, 0.3) is 12.3 Å². The fourth-order valence-electron chi connectivity index (χ4n) is 1.52. The molecule has 1 aromatic carbocycles. The van der Waals surface area contributed by atoms with Crippen molar-refractivity contribution in [2.75, 3.05) is 19.7 Å². The molecule has 0 spiro atoms. The first-order chi connectivity index (χ1) is 8.45. The molecule has 0 saturated carbocycles. The number of hydrogen-bond acceptors (Lipinski definition) is 2. The van der Waals surface area contributed by atoms with Crippen LogP contribution in [0.2, 0.25) is 0 Å². The van der Waals surface area contributed by atoms with Crippen molar-refractivity contribution in [3.8, 4) is 0 Å². The third-order valence-corrected chi connectivity index (χ3v) is 2.42. The van der Waals surface area contributed by atoms with Crippen LogP contribution >= 0.6 is 0 Å². The minimum atomic E-state index is -2.68. The first-order valence-corrected chi connectivity index (χ1v) is 5.40. The third kappa shape index (κ3) is 3.73. The number of amides is 1. The van der Waals surface area contributed by atoms with Crippen LogP contribution in [0.25, 0.3) is 0 Å². The van der Waals surface area contributed by atoms with Gasteiger partial charge in [-0.1, -0.05) is 0 Å². The molecule has 18 heavy (non-hydrogen) atoms. The summed E-state index contributed by atoms with van der Waals surface area (Å²) in [6.45, 7) is 0.143. The van der Waals surface area contributed by atoms with Gasteiger partial charge in [-0.2, -0.15) is 0 Å². The predicted octanol–water partition coefficient (Wildman–Crippen LogP) is 1.83. The Morgan fingerprint density at radius 3 is 2.61 bits per heavy atom. The Kier molecular flexibility index (Phi) is 5.15. The number of carbonyl (C=O) groups is 1. The van der Waals surface area contributed by atoms with Crippen molar-refractivity contribution in [3.05, 3.63) is 35.1 Å². The molecule has 6 heteroatoms. The van der Waals surface area contributed by atoms with E-state index in [0.717, 1.165) is 11.0 Å². The highest BCUT2D eigenvalue weighted by Crippen LogP contribution is 2.12. The van der Waals surface area contributed by atoms with Crippen molar-refractivity contribution in [2.24, 2.45) is 0 Å². The van der Waals surface area contributed by atoms with E-state index in [0.29, 0.717) is 0 Å². The zero-order chi connectivity index (χ0) is 13.7. The first-order valence-electron chi connectivity index (χ1n) is 5.40. The summed E-state index contributed by atoms with van der Waals surface area (Å²) >= 11 is 0. The molecule has 0 unspecified atom stereocenters. The van der Waals surface area contributed by atoms with Crippen LogP contribution in [-0.2, 0) is 0 Å². The van der Waals surface area contributed by atoms with Crippen molar-refractivity contribution in [1.82, 2.24) is 4.90 Å². The van der Waals surface area contributed by atoms with Gasteiger partial charge in [-0.3, -0.25) is 4.79 Å². The average molecular weight is 261 g/mol. The Labute approximate surface area is 103 Å². The van der Waals surface area contributed by atoms with Gasteiger partial charge < -0.3 is 10.0 Å². The smallest absolute Gasteiger partial charge is 0.255 e. The van der Waals surface area contributed by atoms with Gasteiger partial charge in [0.1, 0.15) is 5.82 Å². The summed E-state index contributed by atoms with van der Waals surface area (Å²) in [6.07, 6.45) is -2.68. The van der Waals surface area contributed by atoms with Crippen LogP contribution in [0.3, 0.4) is 0 Å². The van der Waals surface area contributed by atoms with Gasteiger partial charge in [-0.15, -0.1) is 0 Å². The number of hydrogen-bond donors (Lipinski definition) is 1. The van der Waals surface area contributed by atoms with E-state index in [4.69, 9.17) is 5.11 Å². The predicted molar refractivity (Wildman–Crippen MR) is 60.1 cm³/mol. The molecule has 1 aromatic rings. The number of aliphatic hydroxyl groups excluding tert-OH is 1. The minimum Gasteiger partial charge on any atom is -0.395 e. The monoisotopic (exact) mass is 261 g/mol. The number of aryl methyl sites for hydroxylation is 1. The van der Waals surface area contributed by atoms with Gasteiger partial charge in [0, 0.05) is 12.1 Å². The molecule has 0 atom stereocenters. The topological polar surface area (TPSA) is 40.5 Å². The molecule has 0 bridgehead atoms. The molecule has 3 nitrogen and oxygen atoms in total. The Balaban J connectivity index is 2.90. The van der Waals surface area contributed by atoms with E-state index in [1.807, 2.05) is 0 Å². The lowest BCUT2D eigenvalue weighted by molar-refractivity contribution is 0.0509. The van der Waals surface area contributed by atoms with Crippen molar-refractivity contribution in [3.63, 3.8) is 0 Å². The number of nitrogens with zero attached hydrogens (tertiary/aromatic N) is 1. The average Bonchev–Trinajstić information content (AvgIpc) is 2.31. The van der Waals surface area contributed by atoms with Crippen LogP contribution in [0, 0.1) is 12.7 Å². The molecule has 0 aliphatic carbocycles. The van der Waals surface area contributed by atoms with Crippen molar-refractivity contribution in [1.29, 1.82) is 0 Å². The highest BCUT2D eigenvalue weighted by molar-refractivity contribution is 5.94. The molecule has 0 aromatic heterocycles. The Bertz CT molecular complexity index is 424. The maximum atomic E-state index is 13.0. The van der Waals surface area contributed by atoms with Crippen molar-refractivity contribution >= 4 is 5.91 Å². The van der Waals surface area contributed by atoms with Gasteiger partial charge in [0.2, 0.25) is 0 Å². The maximum absolute atomic E-state index is 13.0. The molecule has 0 heterocycles. The normalized spacial score (nSPS) is 10.8. The van der Waals surface area contributed by atoms with E-state index >= 15 is 0 Å². The van der Waals surface area contributed by atoms with Gasteiger partial charge in [-0.05, 0) is 30.7 Å². The standard InChI is InChI=1S/C12H14F3NO2/c1-8-6-9(2-3-10(8)13)12(18)16(4-5-17)7-11(14)15/h2-3,6,11,17H,4-5,7H2,1H3. The number of benzene rings is 1. The van der Waals surface area contributed by atoms with Crippen LogP contribution in [0.1, 0.15) is 15.9 Å². The van der Waals surface area contributed by atoms with Gasteiger partial charge in [-0.25, -0.2) is 13.2 Å². The zero-order valence-electron chi connectivity index (χ0n) is 9.87. The Morgan fingerprint density at radius 2 is 2.11 bits per heavy atom. The number of carbonyl (C=O) groups excluding carboxylic acids is 1. The summed E-state index contributed by atoms with van der Waals surface area (Å²) in [7, 11) is 0. The SMILES string of the molecule is Cc1cc(C(=O)N(CCO)CC(F)F)ccc1F. The molecule has 0 aliphatic heterocycles. The molecular weight excluding hydrogens is 247 g/mol. The molecule has 0 saturated heterocycles. The van der Waals surface area contributed by atoms with Crippen molar-refractivity contribution in [2.45, 2.75) is 13.3 Å². The fraction of sp³-hybridized carbons (Fsp3) is 0.417. The van der Waals surface area contributed by atoms with Crippen LogP contribution in [0.5, 0.6) is 0 Å². The zero-order valence-corrected chi connectivity index (χ0v) is 9.87. The van der Waals surface area contributed by atoms with Gasteiger partial charge in [0.15, 0.2) is 0 Å². The van der Waals surface area contributed by atoms with Crippen molar-refractivity contribution < 1.29 is 23.1 Å². The molecular formula is C12H14F3NO2. The van der Waals surface area contributed by atoms with Gasteiger partial charge >= 0.3 is 0 Å². The highest BCUT2D eigenvalue weighted by atomic mass is 19.3. The van der Waals surface area contributed by atoms with Crippen LogP contribution in [-0.4, -0.2) is 42.0 Å². The van der Waals surface area contributed by atoms with Gasteiger partial charge in [0.05, 0.1) is 13.2 Å². The first kappa shape index (κ1) is 14.5. The molecule has 1 rings (SSSR count). The second kappa shape index (κ2) is 6.39. The maximum Gasteiger partial charge on any atom is 0.255 e. The second-order valence-electron chi connectivity index (χ2n) is 3.83. The summed E-state index contributed by atoms with van der Waals surface area (Å²) in [5.41, 5.74) is 0.393. The number of halogens is 3. The molecule has 0 fully saturated rings. The van der Waals surface area contributed by atoms with E-state index in [9.17, 15) is 18.0 Å². The lowest BCUT2D eigenvalue weighted by Crippen LogP contribution is -2.37. The summed E-state index contributed by atoms with van der Waals surface area (Å²) in [6, 6.07) is 3.65. The largest absolute Gasteiger partial charge is 0.395 e. The van der Waals surface area contributed by atoms with Crippen LogP contribution in [0.4, 0.5) is 13.2 Å². The highest BCUT2D eigenvalue weighted by Gasteiger charge is 2.19. The quantitative estimate of drug-likeness (QED) is 0.878. The minimum absolute atomic E-state index is 0.128. The number of alkyl halides is 2. The van der Waals surface area contributed by atoms with E-state index in [-0.39, 0.29) is 17.7 Å². The van der Waals surface area contributed by atoms with E-state index in [2.05, 4.69) is 0 Å². The lowest BCUT2D eigenvalue weighted by atomic mass is 10.1. The summed E-state index contributed by atoms with van der Waals surface area (Å²) in [4.78, 5) is 12.7. The number of aliphatic hydroxyl groups is 1. The summed E-state index contributed by atoms with van der Waals surface area (Å²) in [5.74, 6) is -1.11. The molecule has 1 amide bonds. The molecule has 0 aliphatic rings. The Morgan fingerprint density at radius 1 is 1.44 bits per heavy atom. The fourth-order valence-corrected chi connectivity index (χ4v) is 1.52. The number of rotatable bonds is 5. The molecule has 1 N–H and O–H groups in total. The summed E-state index contributed by atoms with van der Waals surface area (Å²) in [5, 5.41) is 8.75. The second-order valence-corrected chi connectivity index (χ2v) is 3.83. The van der Waals surface area contributed by atoms with E-state index < -0.39 is 31.3 Å². The molecule has 0 radical (unpaired) electrons. The Hall–Kier alpha value is -1.56. The third-order valence-electron chi connectivity index (χ3n) is 2.42. The summed E-state index contributed by atoms with van der Waals surface area (Å²) < 4.78 is 37.6. The lowest BCUT2D eigenvalue weighted by Gasteiger charge is -2.21. The van der Waals surface area contributed by atoms with E-state index in [1.165, 1.54) is 19.1 Å².